The summed E-state index contributed by atoms with van der Waals surface area (Å²) in [5, 5.41) is 8.59. The number of phenolic OH excluding ortho intramolecular Hbond substituents is 1. The van der Waals surface area contributed by atoms with E-state index in [9.17, 15) is 17.6 Å². The summed E-state index contributed by atoms with van der Waals surface area (Å²) in [7, 11) is 0. The van der Waals surface area contributed by atoms with Crippen molar-refractivity contribution in [3.63, 3.8) is 0 Å². The molecule has 0 unspecified atom stereocenters. The number of phenols is 1. The highest BCUT2D eigenvalue weighted by Crippen LogP contribution is 2.31. The Hall–Kier alpha value is -2.83. The molecule has 1 aromatic carbocycles. The highest BCUT2D eigenvalue weighted by Gasteiger charge is 2.32. The third-order valence-corrected chi connectivity index (χ3v) is 4.33. The second kappa shape index (κ2) is 10.8. The summed E-state index contributed by atoms with van der Waals surface area (Å²) in [6.07, 6.45) is 5.24. The molecule has 1 aliphatic rings. The van der Waals surface area contributed by atoms with Crippen LogP contribution in [0.15, 0.2) is 58.6 Å². The van der Waals surface area contributed by atoms with Gasteiger partial charge < -0.3 is 9.52 Å². The van der Waals surface area contributed by atoms with Gasteiger partial charge in [-0.1, -0.05) is 25.2 Å². The Morgan fingerprint density at radius 2 is 1.83 bits per heavy atom. The number of alkyl halides is 3. The minimum atomic E-state index is -4.38. The monoisotopic (exact) mass is 423 g/mol. The average Bonchev–Trinajstić information content (AvgIpc) is 3.13. The lowest BCUT2D eigenvalue weighted by Gasteiger charge is -2.08. The molecule has 0 radical (unpaired) electrons. The van der Waals surface area contributed by atoms with E-state index < -0.39 is 11.7 Å². The number of aromatic nitrogens is 1. The van der Waals surface area contributed by atoms with E-state index in [-0.39, 0.29) is 17.5 Å². The Kier molecular flexibility index (Phi) is 8.45. The average molecular weight is 423 g/mol. The van der Waals surface area contributed by atoms with Crippen molar-refractivity contribution in [3.05, 3.63) is 77.3 Å². The maximum Gasteiger partial charge on any atom is 0.416 e. The number of oxazole rings is 1. The smallest absolute Gasteiger partial charge is 0.416 e. The first kappa shape index (κ1) is 23.4. The summed E-state index contributed by atoms with van der Waals surface area (Å²) >= 11 is 0. The Morgan fingerprint density at radius 3 is 2.37 bits per heavy atom. The van der Waals surface area contributed by atoms with Gasteiger partial charge in [0.05, 0.1) is 11.3 Å². The third-order valence-electron chi connectivity index (χ3n) is 4.33. The van der Waals surface area contributed by atoms with Gasteiger partial charge in [-0.05, 0) is 62.9 Å². The molecule has 3 nitrogen and oxygen atoms in total. The van der Waals surface area contributed by atoms with Crippen LogP contribution in [0.1, 0.15) is 50.5 Å². The number of hydrogen-bond donors (Lipinski definition) is 1. The van der Waals surface area contributed by atoms with E-state index in [0.29, 0.717) is 12.0 Å². The van der Waals surface area contributed by atoms with Gasteiger partial charge in [-0.25, -0.2) is 9.37 Å². The number of aryl methyl sites for hydroxylation is 2. The van der Waals surface area contributed by atoms with Crippen LogP contribution in [0.3, 0.4) is 0 Å². The molecule has 0 aliphatic heterocycles. The molecule has 30 heavy (non-hydrogen) atoms. The van der Waals surface area contributed by atoms with E-state index in [0.717, 1.165) is 43.2 Å². The van der Waals surface area contributed by atoms with Crippen molar-refractivity contribution in [2.24, 2.45) is 0 Å². The zero-order valence-electron chi connectivity index (χ0n) is 17.0. The highest BCUT2D eigenvalue weighted by atomic mass is 19.4. The standard InChI is InChI=1S/C17H20F3NO.C6H5FO/c1-3-7-12(11-13(8-4-2)17(18,19)20)16-21-14-9-5-6-10-15(14)22-16;7-5-1-3-6(8)4-2-5/h3,7-8,11H,4-6,9-10H2,1-2H3;1-4,8H/b7-3-,12-11+,13-8-;. The van der Waals surface area contributed by atoms with E-state index in [1.807, 2.05) is 0 Å². The molecule has 0 atom stereocenters. The van der Waals surface area contributed by atoms with Gasteiger partial charge in [0.1, 0.15) is 17.3 Å². The second-order valence-electron chi connectivity index (χ2n) is 6.74. The van der Waals surface area contributed by atoms with E-state index in [4.69, 9.17) is 9.52 Å². The van der Waals surface area contributed by atoms with Crippen LogP contribution in [-0.4, -0.2) is 16.3 Å². The molecule has 0 amide bonds. The summed E-state index contributed by atoms with van der Waals surface area (Å²) in [4.78, 5) is 4.38. The van der Waals surface area contributed by atoms with Crippen molar-refractivity contribution in [2.45, 2.75) is 52.1 Å². The first-order chi connectivity index (χ1) is 14.2. The fourth-order valence-electron chi connectivity index (χ4n) is 2.92. The summed E-state index contributed by atoms with van der Waals surface area (Å²) in [6.45, 7) is 3.44. The predicted octanol–water partition coefficient (Wildman–Crippen LogP) is 6.94. The lowest BCUT2D eigenvalue weighted by atomic mass is 10.0. The summed E-state index contributed by atoms with van der Waals surface area (Å²) < 4.78 is 56.8. The zero-order chi connectivity index (χ0) is 22.1. The molecule has 1 heterocycles. The molecular formula is C23H25F4NO2. The van der Waals surface area contributed by atoms with Gasteiger partial charge in [0.2, 0.25) is 5.89 Å². The van der Waals surface area contributed by atoms with Crippen LogP contribution < -0.4 is 0 Å². The van der Waals surface area contributed by atoms with Gasteiger partial charge in [-0.15, -0.1) is 0 Å². The van der Waals surface area contributed by atoms with E-state index in [1.54, 1.807) is 26.0 Å². The first-order valence-corrected chi connectivity index (χ1v) is 9.79. The van der Waals surface area contributed by atoms with Gasteiger partial charge in [0.25, 0.3) is 0 Å². The predicted molar refractivity (Wildman–Crippen MR) is 108 cm³/mol. The largest absolute Gasteiger partial charge is 0.508 e. The molecule has 0 bridgehead atoms. The van der Waals surface area contributed by atoms with Crippen LogP contribution in [0.5, 0.6) is 5.75 Å². The van der Waals surface area contributed by atoms with E-state index in [1.165, 1.54) is 30.3 Å². The maximum absolute atomic E-state index is 13.1. The topological polar surface area (TPSA) is 46.3 Å². The molecule has 7 heteroatoms. The van der Waals surface area contributed by atoms with Crippen molar-refractivity contribution in [1.29, 1.82) is 0 Å². The summed E-state index contributed by atoms with van der Waals surface area (Å²) in [5.74, 6) is 0.843. The second-order valence-corrected chi connectivity index (χ2v) is 6.74. The third kappa shape index (κ3) is 6.90. The lowest BCUT2D eigenvalue weighted by molar-refractivity contribution is -0.0883. The van der Waals surface area contributed by atoms with Gasteiger partial charge >= 0.3 is 6.18 Å². The fourth-order valence-corrected chi connectivity index (χ4v) is 2.92. The summed E-state index contributed by atoms with van der Waals surface area (Å²) in [5.41, 5.74) is 0.567. The van der Waals surface area contributed by atoms with Gasteiger partial charge in [0, 0.05) is 12.0 Å². The van der Waals surface area contributed by atoms with Crippen LogP contribution in [0.4, 0.5) is 17.6 Å². The van der Waals surface area contributed by atoms with Gasteiger partial charge in [-0.3, -0.25) is 0 Å². The van der Waals surface area contributed by atoms with Crippen LogP contribution >= 0.6 is 0 Å². The number of allylic oxidation sites excluding steroid dienone is 6. The van der Waals surface area contributed by atoms with Crippen molar-refractivity contribution >= 4 is 5.57 Å². The molecule has 1 N–H and O–H groups in total. The fraction of sp³-hybridized carbons (Fsp3) is 0.348. The number of hydrogen-bond acceptors (Lipinski definition) is 3. The highest BCUT2D eigenvalue weighted by molar-refractivity contribution is 5.71. The number of halogens is 4. The van der Waals surface area contributed by atoms with Crippen LogP contribution in [0.2, 0.25) is 0 Å². The number of fused-ring (bicyclic) bond motifs is 1. The zero-order valence-corrected chi connectivity index (χ0v) is 17.0. The van der Waals surface area contributed by atoms with E-state index >= 15 is 0 Å². The number of rotatable bonds is 4. The molecule has 1 aromatic heterocycles. The van der Waals surface area contributed by atoms with Crippen LogP contribution in [0.25, 0.3) is 5.57 Å². The normalized spacial score (nSPS) is 15.0. The lowest BCUT2D eigenvalue weighted by Crippen LogP contribution is -2.10. The number of aromatic hydroxyl groups is 1. The van der Waals surface area contributed by atoms with Gasteiger partial charge in [-0.2, -0.15) is 13.2 Å². The van der Waals surface area contributed by atoms with Crippen LogP contribution in [-0.2, 0) is 12.8 Å². The van der Waals surface area contributed by atoms with E-state index in [2.05, 4.69) is 4.98 Å². The SMILES string of the molecule is C\C=C/C(=C\C(=C\CC)C(F)(F)F)c1nc2c(o1)CCCC2.Oc1ccc(F)cc1. The molecule has 0 fully saturated rings. The quantitative estimate of drug-likeness (QED) is 0.428. The van der Waals surface area contributed by atoms with Gasteiger partial charge in [0.15, 0.2) is 0 Å². The molecular weight excluding hydrogens is 398 g/mol. The Labute approximate surface area is 173 Å². The molecule has 2 aromatic rings. The first-order valence-electron chi connectivity index (χ1n) is 9.79. The van der Waals surface area contributed by atoms with Crippen molar-refractivity contribution in [2.75, 3.05) is 0 Å². The summed E-state index contributed by atoms with van der Waals surface area (Å²) in [6, 6.07) is 5.01. The molecule has 0 saturated carbocycles. The number of benzene rings is 1. The van der Waals surface area contributed by atoms with Crippen molar-refractivity contribution < 1.29 is 27.1 Å². The van der Waals surface area contributed by atoms with Crippen molar-refractivity contribution in [1.82, 2.24) is 4.98 Å². The molecule has 162 valence electrons. The number of nitrogens with zero attached hydrogens (tertiary/aromatic N) is 1. The Balaban J connectivity index is 0.000000335. The molecule has 3 rings (SSSR count). The molecule has 0 saturated heterocycles. The minimum Gasteiger partial charge on any atom is -0.508 e. The van der Waals surface area contributed by atoms with Crippen molar-refractivity contribution in [3.8, 4) is 5.75 Å². The Morgan fingerprint density at radius 1 is 1.17 bits per heavy atom. The molecule has 1 aliphatic carbocycles. The molecule has 0 spiro atoms. The maximum atomic E-state index is 13.1. The minimum absolute atomic E-state index is 0.0893. The Bertz CT molecular complexity index is 862. The van der Waals surface area contributed by atoms with Crippen LogP contribution in [0, 0.1) is 5.82 Å².